The number of nitrogens with zero attached hydrogens (tertiary/aromatic N) is 1. The van der Waals surface area contributed by atoms with Crippen LogP contribution in [0.5, 0.6) is 0 Å². The molecule has 9 heteroatoms. The zero-order valence-electron chi connectivity index (χ0n) is 18.4. The average molecular weight is 469 g/mol. The van der Waals surface area contributed by atoms with Crippen molar-refractivity contribution in [2.45, 2.75) is 57.6 Å². The molecular weight excluding hydrogens is 438 g/mol. The van der Waals surface area contributed by atoms with Crippen molar-refractivity contribution in [3.8, 4) is 0 Å². The number of nitrogens with one attached hydrogen (secondary N) is 1. The highest BCUT2D eigenvalue weighted by Crippen LogP contribution is 2.34. The van der Waals surface area contributed by atoms with E-state index in [0.29, 0.717) is 5.56 Å². The summed E-state index contributed by atoms with van der Waals surface area (Å²) in [5.74, 6) is 0.0399. The molecule has 3 rings (SSSR count). The van der Waals surface area contributed by atoms with Gasteiger partial charge in [0.2, 0.25) is 16.0 Å². The number of aryl methyl sites for hydroxylation is 2. The lowest BCUT2D eigenvalue weighted by Crippen LogP contribution is -2.39. The molecule has 1 N–H and O–H groups in total. The Hall–Kier alpha value is -2.10. The van der Waals surface area contributed by atoms with Crippen LogP contribution in [-0.2, 0) is 14.8 Å². The summed E-state index contributed by atoms with van der Waals surface area (Å²) in [5.41, 5.74) is 2.15. The maximum Gasteiger partial charge on any atom is 0.253 e. The zero-order chi connectivity index (χ0) is 23.3. The molecule has 0 saturated heterocycles. The Morgan fingerprint density at radius 2 is 1.91 bits per heavy atom. The number of sulfonamides is 1. The van der Waals surface area contributed by atoms with Crippen LogP contribution < -0.4 is 10.3 Å². The molecule has 32 heavy (non-hydrogen) atoms. The summed E-state index contributed by atoms with van der Waals surface area (Å²) in [6.45, 7) is 3.52. The summed E-state index contributed by atoms with van der Waals surface area (Å²) in [6, 6.07) is 6.30. The zero-order valence-corrected chi connectivity index (χ0v) is 19.2. The number of pyridine rings is 1. The summed E-state index contributed by atoms with van der Waals surface area (Å²) < 4.78 is 59.2. The molecule has 1 atom stereocenters. The van der Waals surface area contributed by atoms with Crippen molar-refractivity contribution < 1.29 is 21.9 Å². The number of benzene rings is 1. The average Bonchev–Trinajstić information content (AvgIpc) is 2.77. The molecule has 2 aromatic rings. The predicted octanol–water partition coefficient (Wildman–Crippen LogP) is 3.73. The van der Waals surface area contributed by atoms with Gasteiger partial charge in [-0.2, -0.15) is 0 Å². The van der Waals surface area contributed by atoms with Gasteiger partial charge >= 0.3 is 0 Å². The molecule has 1 aromatic heterocycles. The molecule has 0 bridgehead atoms. The van der Waals surface area contributed by atoms with Gasteiger partial charge in [0, 0.05) is 18.3 Å². The van der Waals surface area contributed by atoms with Gasteiger partial charge in [0.15, 0.2) is 0 Å². The second kappa shape index (κ2) is 10.7. The quantitative estimate of drug-likeness (QED) is 0.608. The molecule has 1 fully saturated rings. The molecular formula is C23H30F2N2O4S. The smallest absolute Gasteiger partial charge is 0.253 e. The second-order valence-corrected chi connectivity index (χ2v) is 10.2. The Kier molecular flexibility index (Phi) is 8.19. The second-order valence-electron chi connectivity index (χ2n) is 8.50. The molecule has 1 heterocycles. The number of ether oxygens (including phenoxy) is 1. The van der Waals surface area contributed by atoms with Crippen LogP contribution in [0.3, 0.4) is 0 Å². The lowest BCUT2D eigenvalue weighted by molar-refractivity contribution is 0.00730. The van der Waals surface area contributed by atoms with E-state index in [1.165, 1.54) is 10.6 Å². The molecule has 0 radical (unpaired) electrons. The van der Waals surface area contributed by atoms with Gasteiger partial charge in [-0.1, -0.05) is 12.1 Å². The Balaban J connectivity index is 1.66. The Morgan fingerprint density at radius 3 is 2.56 bits per heavy atom. The van der Waals surface area contributed by atoms with Crippen molar-refractivity contribution in [2.24, 2.45) is 0 Å². The molecule has 176 valence electrons. The maximum atomic E-state index is 13.5. The SMILES string of the molecule is Cc1cc(C)c(=O)n([C@H](CNS(=O)(=O)CF)COC2CCC(c3cccc(F)c3)CC2)c1. The summed E-state index contributed by atoms with van der Waals surface area (Å²) in [4.78, 5) is 12.7. The first kappa shape index (κ1) is 24.5. The first-order valence-electron chi connectivity index (χ1n) is 10.8. The van der Waals surface area contributed by atoms with Crippen molar-refractivity contribution in [1.29, 1.82) is 0 Å². The summed E-state index contributed by atoms with van der Waals surface area (Å²) >= 11 is 0. The first-order valence-corrected chi connectivity index (χ1v) is 12.4. The van der Waals surface area contributed by atoms with Gasteiger partial charge in [-0.05, 0) is 74.8 Å². The lowest BCUT2D eigenvalue weighted by Gasteiger charge is -2.30. The summed E-state index contributed by atoms with van der Waals surface area (Å²) in [7, 11) is -4.06. The van der Waals surface area contributed by atoms with Crippen LogP contribution in [0.1, 0.15) is 54.3 Å². The van der Waals surface area contributed by atoms with Crippen LogP contribution in [-0.4, -0.2) is 38.2 Å². The van der Waals surface area contributed by atoms with Gasteiger partial charge < -0.3 is 9.30 Å². The first-order chi connectivity index (χ1) is 15.2. The van der Waals surface area contributed by atoms with E-state index >= 15 is 0 Å². The minimum atomic E-state index is -4.06. The van der Waals surface area contributed by atoms with Gasteiger partial charge in [-0.15, -0.1) is 0 Å². The molecule has 6 nitrogen and oxygen atoms in total. The number of hydrogen-bond donors (Lipinski definition) is 1. The van der Waals surface area contributed by atoms with Crippen molar-refractivity contribution in [3.63, 3.8) is 0 Å². The van der Waals surface area contributed by atoms with E-state index in [2.05, 4.69) is 4.72 Å². The monoisotopic (exact) mass is 468 g/mol. The Bertz CT molecular complexity index is 1080. The maximum absolute atomic E-state index is 13.5. The number of rotatable bonds is 9. The van der Waals surface area contributed by atoms with Gasteiger partial charge in [-0.3, -0.25) is 4.79 Å². The van der Waals surface area contributed by atoms with E-state index in [1.54, 1.807) is 31.3 Å². The van der Waals surface area contributed by atoms with E-state index in [-0.39, 0.29) is 36.5 Å². The Morgan fingerprint density at radius 1 is 1.19 bits per heavy atom. The minimum absolute atomic E-state index is 0.0401. The number of hydrogen-bond acceptors (Lipinski definition) is 4. The fourth-order valence-corrected chi connectivity index (χ4v) is 4.79. The third-order valence-electron chi connectivity index (χ3n) is 5.95. The lowest BCUT2D eigenvalue weighted by atomic mass is 9.83. The van der Waals surface area contributed by atoms with E-state index in [1.807, 2.05) is 13.0 Å². The molecule has 1 saturated carbocycles. The topological polar surface area (TPSA) is 77.4 Å². The van der Waals surface area contributed by atoms with E-state index in [4.69, 9.17) is 4.74 Å². The van der Waals surface area contributed by atoms with Crippen molar-refractivity contribution in [2.75, 3.05) is 19.2 Å². The standard InChI is InChI=1S/C23H30F2N2O4S/c1-16-10-17(2)23(28)27(13-16)21(12-26-32(29,30)15-24)14-31-22-8-6-18(7-9-22)19-4-3-5-20(25)11-19/h3-5,10-11,13,18,21-22,26H,6-9,12,14-15H2,1-2H3/t18?,21-,22?/m1/s1. The van der Waals surface area contributed by atoms with Crippen LogP contribution in [0.4, 0.5) is 8.78 Å². The van der Waals surface area contributed by atoms with Gasteiger partial charge in [-0.25, -0.2) is 21.9 Å². The Labute approximate surface area is 187 Å². The van der Waals surface area contributed by atoms with E-state index in [9.17, 15) is 22.0 Å². The fourth-order valence-electron chi connectivity index (χ4n) is 4.26. The van der Waals surface area contributed by atoms with Crippen molar-refractivity contribution in [1.82, 2.24) is 9.29 Å². The van der Waals surface area contributed by atoms with Crippen molar-refractivity contribution >= 4 is 10.0 Å². The highest BCUT2D eigenvalue weighted by Gasteiger charge is 2.25. The molecule has 0 amide bonds. The van der Waals surface area contributed by atoms with Gasteiger partial charge in [0.25, 0.3) is 5.56 Å². The van der Waals surface area contributed by atoms with Crippen LogP contribution in [0.15, 0.2) is 41.3 Å². The summed E-state index contributed by atoms with van der Waals surface area (Å²) in [5, 5.41) is 0. The third kappa shape index (κ3) is 6.46. The highest BCUT2D eigenvalue weighted by molar-refractivity contribution is 7.89. The normalized spacial score (nSPS) is 20.2. The van der Waals surface area contributed by atoms with Gasteiger partial charge in [0.1, 0.15) is 5.82 Å². The molecule has 1 aliphatic carbocycles. The van der Waals surface area contributed by atoms with Gasteiger partial charge in [0.05, 0.1) is 18.8 Å². The van der Waals surface area contributed by atoms with E-state index < -0.39 is 22.1 Å². The number of alkyl halides is 1. The largest absolute Gasteiger partial charge is 0.376 e. The van der Waals surface area contributed by atoms with E-state index in [0.717, 1.165) is 36.8 Å². The minimum Gasteiger partial charge on any atom is -0.376 e. The third-order valence-corrected chi connectivity index (χ3v) is 6.85. The number of halogens is 2. The predicted molar refractivity (Wildman–Crippen MR) is 119 cm³/mol. The highest BCUT2D eigenvalue weighted by atomic mass is 32.2. The van der Waals surface area contributed by atoms with Crippen LogP contribution in [0.2, 0.25) is 0 Å². The molecule has 1 aromatic carbocycles. The van der Waals surface area contributed by atoms with Crippen LogP contribution in [0, 0.1) is 19.7 Å². The van der Waals surface area contributed by atoms with Crippen LogP contribution in [0.25, 0.3) is 0 Å². The summed E-state index contributed by atoms with van der Waals surface area (Å²) in [6.07, 6.45) is 4.90. The molecule has 0 aliphatic heterocycles. The molecule has 0 unspecified atom stereocenters. The number of aromatic nitrogens is 1. The molecule has 1 aliphatic rings. The fraction of sp³-hybridized carbons (Fsp3) is 0.522. The molecule has 0 spiro atoms. The van der Waals surface area contributed by atoms with Crippen molar-refractivity contribution in [3.05, 3.63) is 69.4 Å². The van der Waals surface area contributed by atoms with Crippen LogP contribution >= 0.6 is 0 Å².